The summed E-state index contributed by atoms with van der Waals surface area (Å²) in [6.45, 7) is 0. The number of carbonyl (C=O) groups is 2. The van der Waals surface area contributed by atoms with E-state index >= 15 is 0 Å². The average molecular weight is 205 g/mol. The monoisotopic (exact) mass is 205 g/mol. The number of esters is 1. The topological polar surface area (TPSA) is 56.3 Å². The van der Waals surface area contributed by atoms with Crippen molar-refractivity contribution in [2.75, 3.05) is 7.11 Å². The van der Waals surface area contributed by atoms with Crippen LogP contribution in [0.15, 0.2) is 18.3 Å². The summed E-state index contributed by atoms with van der Waals surface area (Å²) in [4.78, 5) is 27.0. The van der Waals surface area contributed by atoms with Crippen LogP contribution < -0.4 is 0 Å². The molecule has 0 N–H and O–H groups in total. The zero-order chi connectivity index (χ0) is 10.8. The minimum Gasteiger partial charge on any atom is -0.469 e. The molecule has 4 heteroatoms. The maximum absolute atomic E-state index is 11.5. The van der Waals surface area contributed by atoms with Gasteiger partial charge < -0.3 is 4.74 Å². The van der Waals surface area contributed by atoms with Crippen molar-refractivity contribution in [1.29, 1.82) is 0 Å². The van der Waals surface area contributed by atoms with Crippen molar-refractivity contribution < 1.29 is 14.3 Å². The van der Waals surface area contributed by atoms with Gasteiger partial charge in [0.1, 0.15) is 5.69 Å². The maximum Gasteiger partial charge on any atom is 0.313 e. The number of Topliss-reactive ketones (excluding diaryl/α,β-unsaturated/α-hetero) is 1. The van der Waals surface area contributed by atoms with Crippen molar-refractivity contribution in [3.05, 3.63) is 29.6 Å². The predicted octanol–water partition coefficient (Wildman–Crippen LogP) is 1.31. The number of ether oxygens (including phenoxy) is 1. The molecule has 15 heavy (non-hydrogen) atoms. The summed E-state index contributed by atoms with van der Waals surface area (Å²) in [7, 11) is 1.36. The molecule has 1 aromatic heterocycles. The third-order valence-electron chi connectivity index (χ3n) is 2.62. The maximum atomic E-state index is 11.5. The highest BCUT2D eigenvalue weighted by atomic mass is 16.5. The van der Waals surface area contributed by atoms with Crippen LogP contribution in [0.1, 0.15) is 34.8 Å². The number of methoxy groups -OCH3 is 1. The second-order valence-electron chi connectivity index (χ2n) is 3.48. The molecule has 0 aromatic carbocycles. The Morgan fingerprint density at radius 3 is 3.13 bits per heavy atom. The highest BCUT2D eigenvalue weighted by Gasteiger charge is 2.31. The van der Waals surface area contributed by atoms with Crippen LogP contribution >= 0.6 is 0 Å². The van der Waals surface area contributed by atoms with E-state index in [1.54, 1.807) is 18.3 Å². The minimum atomic E-state index is -0.337. The fourth-order valence-electron chi connectivity index (χ4n) is 1.87. The lowest BCUT2D eigenvalue weighted by Gasteiger charge is -2.21. The minimum absolute atomic E-state index is 0.00533. The van der Waals surface area contributed by atoms with Gasteiger partial charge in [0.2, 0.25) is 0 Å². The van der Waals surface area contributed by atoms with Crippen molar-refractivity contribution in [2.45, 2.75) is 18.8 Å². The first kappa shape index (κ1) is 9.83. The lowest BCUT2D eigenvalue weighted by Crippen LogP contribution is -2.23. The molecule has 0 aliphatic heterocycles. The summed E-state index contributed by atoms with van der Waals surface area (Å²) < 4.78 is 4.70. The number of rotatable bonds is 1. The van der Waals surface area contributed by atoms with Gasteiger partial charge in [0.05, 0.1) is 13.0 Å². The number of aromatic nitrogens is 1. The van der Waals surface area contributed by atoms with Gasteiger partial charge >= 0.3 is 5.97 Å². The molecule has 1 unspecified atom stereocenters. The van der Waals surface area contributed by atoms with Crippen LogP contribution in [-0.4, -0.2) is 23.8 Å². The van der Waals surface area contributed by atoms with E-state index in [1.807, 2.05) is 0 Å². The van der Waals surface area contributed by atoms with Gasteiger partial charge in [0.15, 0.2) is 5.78 Å². The zero-order valence-corrected chi connectivity index (χ0v) is 8.40. The van der Waals surface area contributed by atoms with Crippen LogP contribution in [-0.2, 0) is 9.53 Å². The lowest BCUT2D eigenvalue weighted by atomic mass is 9.85. The number of carbonyl (C=O) groups excluding carboxylic acids is 2. The Morgan fingerprint density at radius 2 is 2.40 bits per heavy atom. The number of hydrogen-bond acceptors (Lipinski definition) is 4. The van der Waals surface area contributed by atoms with Crippen molar-refractivity contribution >= 4 is 11.8 Å². The van der Waals surface area contributed by atoms with E-state index in [2.05, 4.69) is 4.98 Å². The van der Waals surface area contributed by atoms with Crippen LogP contribution in [0.5, 0.6) is 0 Å². The number of pyridine rings is 1. The molecule has 4 nitrogen and oxygen atoms in total. The van der Waals surface area contributed by atoms with Gasteiger partial charge in [0, 0.05) is 12.6 Å². The molecule has 0 amide bonds. The van der Waals surface area contributed by atoms with E-state index in [0.29, 0.717) is 24.1 Å². The lowest BCUT2D eigenvalue weighted by molar-refractivity contribution is -0.142. The standard InChI is InChI=1S/C11H11NO3/c1-15-11(14)8-4-5-9(13)10-7(8)3-2-6-12-10/h2-3,6,8H,4-5H2,1H3. The molecular formula is C11H11NO3. The highest BCUT2D eigenvalue weighted by molar-refractivity contribution is 5.99. The highest BCUT2D eigenvalue weighted by Crippen LogP contribution is 2.30. The molecule has 0 radical (unpaired) electrons. The third kappa shape index (κ3) is 1.63. The Morgan fingerprint density at radius 1 is 1.60 bits per heavy atom. The van der Waals surface area contributed by atoms with Gasteiger partial charge in [-0.15, -0.1) is 0 Å². The fraction of sp³-hybridized carbons (Fsp3) is 0.364. The number of ketones is 1. The van der Waals surface area contributed by atoms with Gasteiger partial charge in [0.25, 0.3) is 0 Å². The van der Waals surface area contributed by atoms with E-state index in [-0.39, 0.29) is 17.7 Å². The van der Waals surface area contributed by atoms with Gasteiger partial charge in [-0.1, -0.05) is 6.07 Å². The molecule has 1 aliphatic carbocycles. The molecule has 0 fully saturated rings. The van der Waals surface area contributed by atoms with Gasteiger partial charge in [-0.05, 0) is 18.1 Å². The molecule has 0 bridgehead atoms. The van der Waals surface area contributed by atoms with Crippen LogP contribution in [0.4, 0.5) is 0 Å². The summed E-state index contributed by atoms with van der Waals surface area (Å²) in [5, 5.41) is 0. The zero-order valence-electron chi connectivity index (χ0n) is 8.40. The normalized spacial score (nSPS) is 19.5. The molecule has 1 heterocycles. The molecule has 1 aliphatic rings. The van der Waals surface area contributed by atoms with E-state index in [4.69, 9.17) is 4.74 Å². The molecule has 78 valence electrons. The van der Waals surface area contributed by atoms with E-state index in [0.717, 1.165) is 0 Å². The fourth-order valence-corrected chi connectivity index (χ4v) is 1.87. The number of nitrogens with zero attached hydrogens (tertiary/aromatic N) is 1. The molecule has 0 spiro atoms. The van der Waals surface area contributed by atoms with E-state index in [1.165, 1.54) is 7.11 Å². The second kappa shape index (κ2) is 3.81. The van der Waals surface area contributed by atoms with Gasteiger partial charge in [-0.25, -0.2) is 0 Å². The van der Waals surface area contributed by atoms with Crippen LogP contribution in [0.25, 0.3) is 0 Å². The Kier molecular flexibility index (Phi) is 2.49. The first-order valence-electron chi connectivity index (χ1n) is 4.80. The summed E-state index contributed by atoms with van der Waals surface area (Å²) in [5.41, 5.74) is 1.11. The largest absolute Gasteiger partial charge is 0.469 e. The molecular weight excluding hydrogens is 194 g/mol. The molecule has 0 saturated heterocycles. The summed E-state index contributed by atoms with van der Waals surface area (Å²) in [6, 6.07) is 3.49. The quantitative estimate of drug-likeness (QED) is 0.649. The summed E-state index contributed by atoms with van der Waals surface area (Å²) in [5.74, 6) is -0.626. The SMILES string of the molecule is COC(=O)C1CCC(=O)c2ncccc21. The van der Waals surface area contributed by atoms with Gasteiger partial charge in [-0.2, -0.15) is 0 Å². The van der Waals surface area contributed by atoms with Crippen molar-refractivity contribution in [3.63, 3.8) is 0 Å². The van der Waals surface area contributed by atoms with Crippen molar-refractivity contribution in [1.82, 2.24) is 4.98 Å². The average Bonchev–Trinajstić information content (AvgIpc) is 2.29. The second-order valence-corrected chi connectivity index (χ2v) is 3.48. The summed E-state index contributed by atoms with van der Waals surface area (Å²) in [6.07, 6.45) is 2.45. The van der Waals surface area contributed by atoms with E-state index in [9.17, 15) is 9.59 Å². The number of fused-ring (bicyclic) bond motifs is 1. The van der Waals surface area contributed by atoms with Crippen LogP contribution in [0.3, 0.4) is 0 Å². The van der Waals surface area contributed by atoms with Crippen LogP contribution in [0, 0.1) is 0 Å². The molecule has 1 aromatic rings. The first-order chi connectivity index (χ1) is 7.24. The first-order valence-corrected chi connectivity index (χ1v) is 4.80. The molecule has 1 atom stereocenters. The molecule has 2 rings (SSSR count). The van der Waals surface area contributed by atoms with Crippen LogP contribution in [0.2, 0.25) is 0 Å². The summed E-state index contributed by atoms with van der Waals surface area (Å²) >= 11 is 0. The Balaban J connectivity index is 2.44. The Hall–Kier alpha value is -1.71. The Bertz CT molecular complexity index is 414. The molecule has 0 saturated carbocycles. The third-order valence-corrected chi connectivity index (χ3v) is 2.62. The predicted molar refractivity (Wildman–Crippen MR) is 52.6 cm³/mol. The Labute approximate surface area is 87.3 Å². The number of hydrogen-bond donors (Lipinski definition) is 0. The van der Waals surface area contributed by atoms with Crippen molar-refractivity contribution in [3.8, 4) is 0 Å². The smallest absolute Gasteiger partial charge is 0.313 e. The van der Waals surface area contributed by atoms with Crippen molar-refractivity contribution in [2.24, 2.45) is 0 Å². The van der Waals surface area contributed by atoms with E-state index < -0.39 is 0 Å². The van der Waals surface area contributed by atoms with Gasteiger partial charge in [-0.3, -0.25) is 14.6 Å².